The first-order valence-corrected chi connectivity index (χ1v) is 14.3. The Morgan fingerprint density at radius 2 is 1.86 bits per heavy atom. The summed E-state index contributed by atoms with van der Waals surface area (Å²) >= 11 is 5.84. The van der Waals surface area contributed by atoms with Crippen LogP contribution in [0.3, 0.4) is 0 Å². The Hall–Kier alpha value is -4.36. The zero-order valence-electron chi connectivity index (χ0n) is 22.8. The topological polar surface area (TPSA) is 108 Å². The summed E-state index contributed by atoms with van der Waals surface area (Å²) < 4.78 is 22.0. The molecule has 0 radical (unpaired) electrons. The Bertz CT molecular complexity index is 1750. The molecule has 7 rings (SSSR count). The van der Waals surface area contributed by atoms with E-state index in [4.69, 9.17) is 21.3 Å². The summed E-state index contributed by atoms with van der Waals surface area (Å²) in [4.78, 5) is 25.7. The van der Waals surface area contributed by atoms with Gasteiger partial charge < -0.3 is 24.2 Å². The molecule has 0 unspecified atom stereocenters. The van der Waals surface area contributed by atoms with Crippen molar-refractivity contribution in [3.8, 4) is 11.9 Å². The fraction of sp³-hybridized carbons (Fsp3) is 0.355. The highest BCUT2D eigenvalue weighted by Gasteiger charge is 2.53. The van der Waals surface area contributed by atoms with Gasteiger partial charge in [-0.25, -0.2) is 14.2 Å². The number of imidazole rings is 1. The van der Waals surface area contributed by atoms with Crippen molar-refractivity contribution in [1.29, 1.82) is 5.26 Å². The van der Waals surface area contributed by atoms with Crippen LogP contribution in [0.15, 0.2) is 54.6 Å². The van der Waals surface area contributed by atoms with Gasteiger partial charge in [0.05, 0.1) is 22.7 Å². The highest BCUT2D eigenvalue weighted by atomic mass is 35.5. The highest BCUT2D eigenvalue weighted by molar-refractivity contribution is 6.30. The Kier molecular flexibility index (Phi) is 6.24. The number of hydrogen-bond acceptors (Lipinski definition) is 7. The summed E-state index contributed by atoms with van der Waals surface area (Å²) in [5.41, 5.74) is 2.25. The average molecular weight is 587 g/mol. The number of benzene rings is 2. The van der Waals surface area contributed by atoms with Crippen LogP contribution in [-0.4, -0.2) is 51.8 Å². The third-order valence-electron chi connectivity index (χ3n) is 8.69. The number of anilines is 2. The summed E-state index contributed by atoms with van der Waals surface area (Å²) in [6, 6.07) is 17.5. The van der Waals surface area contributed by atoms with Gasteiger partial charge in [0.2, 0.25) is 11.8 Å². The summed E-state index contributed by atoms with van der Waals surface area (Å²) in [6.45, 7) is 4.05. The molecule has 0 atom stereocenters. The van der Waals surface area contributed by atoms with Gasteiger partial charge in [-0.05, 0) is 49.2 Å². The number of pyridine rings is 1. The number of fused-ring (bicyclic) bond motifs is 1. The Labute approximate surface area is 246 Å². The van der Waals surface area contributed by atoms with Gasteiger partial charge in [-0.2, -0.15) is 10.2 Å². The van der Waals surface area contributed by atoms with E-state index in [1.807, 2.05) is 12.1 Å². The second-order valence-corrected chi connectivity index (χ2v) is 12.3. The number of hydrogen-bond donors (Lipinski definition) is 1. The van der Waals surface area contributed by atoms with Crippen LogP contribution in [0.2, 0.25) is 5.02 Å². The molecule has 3 fully saturated rings. The minimum Gasteiger partial charge on any atom is -0.478 e. The van der Waals surface area contributed by atoms with Crippen molar-refractivity contribution in [2.24, 2.45) is 10.8 Å². The largest absolute Gasteiger partial charge is 0.478 e. The van der Waals surface area contributed by atoms with Crippen LogP contribution in [0.4, 0.5) is 16.2 Å². The molecule has 11 heteroatoms. The molecule has 9 nitrogen and oxygen atoms in total. The molecule has 1 spiro atoms. The van der Waals surface area contributed by atoms with Crippen molar-refractivity contribution >= 4 is 40.4 Å². The first kappa shape index (κ1) is 26.5. The number of aromatic carboxylic acids is 1. The summed E-state index contributed by atoms with van der Waals surface area (Å²) in [7, 11) is 0. The number of ether oxygens (including phenoxy) is 1. The fourth-order valence-electron chi connectivity index (χ4n) is 6.19. The molecule has 3 aliphatic rings. The number of carboxylic acids is 1. The lowest BCUT2D eigenvalue weighted by Crippen LogP contribution is -2.73. The Morgan fingerprint density at radius 1 is 1.07 bits per heavy atom. The van der Waals surface area contributed by atoms with Crippen molar-refractivity contribution in [3.63, 3.8) is 0 Å². The van der Waals surface area contributed by atoms with Crippen LogP contribution in [0.25, 0.3) is 11.0 Å². The summed E-state index contributed by atoms with van der Waals surface area (Å²) in [5, 5.41) is 19.3. The normalized spacial score (nSPS) is 17.9. The number of halogens is 2. The van der Waals surface area contributed by atoms with Gasteiger partial charge in [0.25, 0.3) is 0 Å². The molecule has 2 aliphatic heterocycles. The molecule has 4 aromatic rings. The van der Waals surface area contributed by atoms with E-state index in [9.17, 15) is 19.6 Å². The minimum atomic E-state index is -0.970. The molecule has 214 valence electrons. The minimum absolute atomic E-state index is 0.0585. The van der Waals surface area contributed by atoms with E-state index < -0.39 is 11.8 Å². The third-order valence-corrected chi connectivity index (χ3v) is 8.93. The smallest absolute Gasteiger partial charge is 0.335 e. The maximum absolute atomic E-state index is 14.1. The standard InChI is InChI=1S/C31H28ClFN6O3/c32-22-6-4-21(23(33)13-22)14-42-27-3-1-2-26(36-27)37-15-31(16-37)17-38(18-31)29-35-24-7-5-20(28(40)41)12-25(24)39(29)19-30(8-9-30)10-11-34/h1-7,12-13H,8-10,14-19H2,(H,40,41). The van der Waals surface area contributed by atoms with Gasteiger partial charge in [-0.15, -0.1) is 0 Å². The van der Waals surface area contributed by atoms with Gasteiger partial charge in [-0.1, -0.05) is 23.7 Å². The molecule has 0 bridgehead atoms. The number of aromatic nitrogens is 3. The molecule has 4 heterocycles. The van der Waals surface area contributed by atoms with E-state index in [-0.39, 0.29) is 23.0 Å². The number of nitriles is 1. The zero-order chi connectivity index (χ0) is 29.1. The Balaban J connectivity index is 1.04. The highest BCUT2D eigenvalue weighted by Crippen LogP contribution is 2.52. The quantitative estimate of drug-likeness (QED) is 0.273. The molecule has 0 amide bonds. The lowest BCUT2D eigenvalue weighted by Gasteiger charge is -2.60. The molecule has 1 N–H and O–H groups in total. The van der Waals surface area contributed by atoms with Crippen molar-refractivity contribution in [2.45, 2.75) is 32.4 Å². The first-order valence-electron chi connectivity index (χ1n) is 13.9. The lowest BCUT2D eigenvalue weighted by atomic mass is 9.73. The molecular formula is C31H28ClFN6O3. The van der Waals surface area contributed by atoms with Crippen molar-refractivity contribution < 1.29 is 19.0 Å². The molecule has 2 aromatic carbocycles. The monoisotopic (exact) mass is 586 g/mol. The number of nitrogens with zero attached hydrogens (tertiary/aromatic N) is 6. The van der Waals surface area contributed by atoms with Crippen molar-refractivity contribution in [1.82, 2.24) is 14.5 Å². The number of rotatable bonds is 9. The van der Waals surface area contributed by atoms with Crippen LogP contribution in [0, 0.1) is 28.0 Å². The lowest BCUT2D eigenvalue weighted by molar-refractivity contribution is 0.0697. The fourth-order valence-corrected chi connectivity index (χ4v) is 6.35. The van der Waals surface area contributed by atoms with Crippen LogP contribution in [0.1, 0.15) is 35.2 Å². The second-order valence-electron chi connectivity index (χ2n) is 11.9. The second kappa shape index (κ2) is 9.88. The van der Waals surface area contributed by atoms with Crippen LogP contribution >= 0.6 is 11.6 Å². The molecule has 2 saturated heterocycles. The van der Waals surface area contributed by atoms with E-state index in [0.717, 1.165) is 61.8 Å². The van der Waals surface area contributed by atoms with Gasteiger partial charge >= 0.3 is 5.97 Å². The summed E-state index contributed by atoms with van der Waals surface area (Å²) in [6.07, 6.45) is 2.46. The van der Waals surface area contributed by atoms with Gasteiger partial charge in [0.15, 0.2) is 0 Å². The van der Waals surface area contributed by atoms with Gasteiger partial charge in [0, 0.05) is 66.6 Å². The third kappa shape index (κ3) is 4.77. The van der Waals surface area contributed by atoms with Gasteiger partial charge in [-0.3, -0.25) is 0 Å². The maximum atomic E-state index is 14.1. The number of carbonyl (C=O) groups is 1. The van der Waals surface area contributed by atoms with Crippen molar-refractivity contribution in [3.05, 3.63) is 76.6 Å². The van der Waals surface area contributed by atoms with E-state index in [1.54, 1.807) is 36.4 Å². The predicted molar refractivity (Wildman–Crippen MR) is 155 cm³/mol. The van der Waals surface area contributed by atoms with Crippen molar-refractivity contribution in [2.75, 3.05) is 36.0 Å². The predicted octanol–water partition coefficient (Wildman–Crippen LogP) is 5.52. The summed E-state index contributed by atoms with van der Waals surface area (Å²) in [5.74, 6) is 0.699. The molecular weight excluding hydrogens is 559 g/mol. The zero-order valence-corrected chi connectivity index (χ0v) is 23.5. The van der Waals surface area contributed by atoms with E-state index >= 15 is 0 Å². The number of carboxylic acid groups (broad SMARTS) is 1. The first-order chi connectivity index (χ1) is 20.3. The van der Waals surface area contributed by atoms with Crippen LogP contribution in [-0.2, 0) is 13.2 Å². The molecule has 1 saturated carbocycles. The molecule has 2 aromatic heterocycles. The van der Waals surface area contributed by atoms with Crippen LogP contribution < -0.4 is 14.5 Å². The molecule has 42 heavy (non-hydrogen) atoms. The SMILES string of the molecule is N#CCC1(Cn2c(N3CC4(CN(c5cccc(OCc6ccc(Cl)cc6F)n5)C4)C3)nc3ccc(C(=O)O)cc32)CC1. The van der Waals surface area contributed by atoms with E-state index in [2.05, 4.69) is 25.4 Å². The average Bonchev–Trinajstić information content (AvgIpc) is 3.59. The maximum Gasteiger partial charge on any atom is 0.335 e. The van der Waals surface area contributed by atoms with E-state index in [1.165, 1.54) is 6.07 Å². The van der Waals surface area contributed by atoms with Crippen LogP contribution in [0.5, 0.6) is 5.88 Å². The van der Waals surface area contributed by atoms with E-state index in [0.29, 0.717) is 29.4 Å². The van der Waals surface area contributed by atoms with Gasteiger partial charge in [0.1, 0.15) is 18.2 Å². The molecule has 1 aliphatic carbocycles. The Morgan fingerprint density at radius 3 is 2.57 bits per heavy atom.